The van der Waals surface area contributed by atoms with Crippen LogP contribution in [0, 0.1) is 21.0 Å². The molecule has 3 nitrogen and oxygen atoms in total. The van der Waals surface area contributed by atoms with Crippen LogP contribution in [0.15, 0.2) is 24.3 Å². The standard InChI is InChI=1S/C13H6F3IO3/c14-8-2-6(3-9(15)11(8)16)5-1-7(13(19)20)12(18)10(17)4-5/h1-4,18H,(H,19,20). The zero-order valence-corrected chi connectivity index (χ0v) is 11.8. The third-order valence-electron chi connectivity index (χ3n) is 2.61. The Morgan fingerprint density at radius 2 is 1.50 bits per heavy atom. The molecule has 0 unspecified atom stereocenters. The predicted octanol–water partition coefficient (Wildman–Crippen LogP) is 3.78. The number of aromatic carboxylic acids is 1. The van der Waals surface area contributed by atoms with E-state index in [2.05, 4.69) is 0 Å². The highest BCUT2D eigenvalue weighted by atomic mass is 127. The minimum Gasteiger partial charge on any atom is -0.506 e. The molecule has 2 aromatic carbocycles. The van der Waals surface area contributed by atoms with Crippen LogP contribution in [-0.4, -0.2) is 16.2 Å². The highest BCUT2D eigenvalue weighted by molar-refractivity contribution is 14.1. The van der Waals surface area contributed by atoms with Crippen molar-refractivity contribution >= 4 is 28.6 Å². The number of phenols is 1. The van der Waals surface area contributed by atoms with Crippen molar-refractivity contribution in [3.05, 3.63) is 50.9 Å². The highest BCUT2D eigenvalue weighted by Gasteiger charge is 2.17. The lowest BCUT2D eigenvalue weighted by Crippen LogP contribution is -1.99. The smallest absolute Gasteiger partial charge is 0.339 e. The van der Waals surface area contributed by atoms with Crippen molar-refractivity contribution in [1.82, 2.24) is 0 Å². The van der Waals surface area contributed by atoms with Crippen molar-refractivity contribution < 1.29 is 28.2 Å². The summed E-state index contributed by atoms with van der Waals surface area (Å²) in [6, 6.07) is 3.92. The number of hydrogen-bond acceptors (Lipinski definition) is 2. The molecule has 0 bridgehead atoms. The third kappa shape index (κ3) is 2.58. The van der Waals surface area contributed by atoms with Gasteiger partial charge in [0.25, 0.3) is 0 Å². The average Bonchev–Trinajstić information content (AvgIpc) is 2.38. The number of benzene rings is 2. The largest absolute Gasteiger partial charge is 0.506 e. The Labute approximate surface area is 124 Å². The van der Waals surface area contributed by atoms with Gasteiger partial charge in [0.2, 0.25) is 0 Å². The summed E-state index contributed by atoms with van der Waals surface area (Å²) in [6.45, 7) is 0. The number of carboxylic acid groups (broad SMARTS) is 1. The molecule has 0 fully saturated rings. The highest BCUT2D eigenvalue weighted by Crippen LogP contribution is 2.32. The Bertz CT molecular complexity index is 693. The van der Waals surface area contributed by atoms with Crippen LogP contribution in [0.1, 0.15) is 10.4 Å². The van der Waals surface area contributed by atoms with E-state index in [0.29, 0.717) is 0 Å². The van der Waals surface area contributed by atoms with Crippen molar-refractivity contribution in [2.75, 3.05) is 0 Å². The number of rotatable bonds is 2. The first-order valence-electron chi connectivity index (χ1n) is 5.22. The molecule has 0 atom stereocenters. The van der Waals surface area contributed by atoms with Crippen LogP contribution in [-0.2, 0) is 0 Å². The summed E-state index contributed by atoms with van der Waals surface area (Å²) in [6.07, 6.45) is 0. The molecule has 0 saturated heterocycles. The quantitative estimate of drug-likeness (QED) is 0.602. The van der Waals surface area contributed by atoms with Gasteiger partial charge in [0.05, 0.1) is 3.57 Å². The maximum Gasteiger partial charge on any atom is 0.339 e. The molecule has 104 valence electrons. The zero-order chi connectivity index (χ0) is 15.0. The van der Waals surface area contributed by atoms with E-state index in [0.717, 1.165) is 18.2 Å². The third-order valence-corrected chi connectivity index (χ3v) is 3.43. The average molecular weight is 394 g/mol. The van der Waals surface area contributed by atoms with Crippen LogP contribution >= 0.6 is 22.6 Å². The van der Waals surface area contributed by atoms with Gasteiger partial charge >= 0.3 is 5.97 Å². The summed E-state index contributed by atoms with van der Waals surface area (Å²) < 4.78 is 39.5. The Morgan fingerprint density at radius 1 is 1.00 bits per heavy atom. The van der Waals surface area contributed by atoms with Crippen LogP contribution in [0.2, 0.25) is 0 Å². The fourth-order valence-electron chi connectivity index (χ4n) is 1.65. The van der Waals surface area contributed by atoms with Gasteiger partial charge in [0.15, 0.2) is 17.5 Å². The van der Waals surface area contributed by atoms with Gasteiger partial charge in [-0.2, -0.15) is 0 Å². The second-order valence-corrected chi connectivity index (χ2v) is 5.08. The lowest BCUT2D eigenvalue weighted by Gasteiger charge is -2.08. The fraction of sp³-hybridized carbons (Fsp3) is 0. The second-order valence-electron chi connectivity index (χ2n) is 3.91. The van der Waals surface area contributed by atoms with Gasteiger partial charge < -0.3 is 10.2 Å². The number of carboxylic acids is 1. The summed E-state index contributed by atoms with van der Waals surface area (Å²) >= 11 is 1.68. The van der Waals surface area contributed by atoms with Crippen molar-refractivity contribution in [2.45, 2.75) is 0 Å². The first-order chi connectivity index (χ1) is 9.31. The Hall–Kier alpha value is -1.77. The van der Waals surface area contributed by atoms with E-state index in [1.165, 1.54) is 6.07 Å². The summed E-state index contributed by atoms with van der Waals surface area (Å²) in [5.74, 6) is -6.17. The van der Waals surface area contributed by atoms with Gasteiger partial charge in [-0.25, -0.2) is 18.0 Å². The van der Waals surface area contributed by atoms with Gasteiger partial charge in [-0.1, -0.05) is 0 Å². The van der Waals surface area contributed by atoms with Crippen molar-refractivity contribution in [1.29, 1.82) is 0 Å². The Kier molecular flexibility index (Phi) is 3.89. The summed E-state index contributed by atoms with van der Waals surface area (Å²) in [5.41, 5.74) is -0.277. The van der Waals surface area contributed by atoms with Crippen LogP contribution in [0.4, 0.5) is 13.2 Å². The molecule has 7 heteroatoms. The molecule has 0 aliphatic rings. The van der Waals surface area contributed by atoms with Gasteiger partial charge in [0, 0.05) is 0 Å². The molecule has 0 aliphatic carbocycles. The van der Waals surface area contributed by atoms with Crippen molar-refractivity contribution in [3.8, 4) is 16.9 Å². The van der Waals surface area contributed by atoms with E-state index < -0.39 is 34.7 Å². The maximum absolute atomic E-state index is 13.2. The number of halogens is 4. The molecule has 2 rings (SSSR count). The van der Waals surface area contributed by atoms with E-state index >= 15 is 0 Å². The molecule has 0 radical (unpaired) electrons. The van der Waals surface area contributed by atoms with Crippen LogP contribution < -0.4 is 0 Å². The lowest BCUT2D eigenvalue weighted by atomic mass is 10.0. The van der Waals surface area contributed by atoms with E-state index in [1.54, 1.807) is 22.6 Å². The number of hydrogen-bond donors (Lipinski definition) is 2. The van der Waals surface area contributed by atoms with E-state index in [4.69, 9.17) is 5.11 Å². The second kappa shape index (κ2) is 5.31. The Morgan fingerprint density at radius 3 is 2.00 bits per heavy atom. The molecule has 0 aromatic heterocycles. The first-order valence-corrected chi connectivity index (χ1v) is 6.30. The first kappa shape index (κ1) is 14.6. The van der Waals surface area contributed by atoms with Crippen molar-refractivity contribution in [3.63, 3.8) is 0 Å². The monoisotopic (exact) mass is 394 g/mol. The molecule has 0 amide bonds. The Balaban J connectivity index is 2.67. The molecule has 2 aromatic rings. The van der Waals surface area contributed by atoms with Gasteiger partial charge in [0.1, 0.15) is 11.3 Å². The minimum absolute atomic E-state index is 0.0261. The molecule has 0 heterocycles. The van der Waals surface area contributed by atoms with Crippen molar-refractivity contribution in [2.24, 2.45) is 0 Å². The minimum atomic E-state index is -1.60. The maximum atomic E-state index is 13.2. The zero-order valence-electron chi connectivity index (χ0n) is 9.62. The number of aromatic hydroxyl groups is 1. The fourth-order valence-corrected chi connectivity index (χ4v) is 2.28. The SMILES string of the molecule is O=C(O)c1cc(-c2cc(F)c(F)c(F)c2)cc(I)c1O. The molecule has 2 N–H and O–H groups in total. The van der Waals surface area contributed by atoms with Gasteiger partial charge in [-0.3, -0.25) is 0 Å². The van der Waals surface area contributed by atoms with Crippen LogP contribution in [0.25, 0.3) is 11.1 Å². The summed E-state index contributed by atoms with van der Waals surface area (Å²) in [7, 11) is 0. The lowest BCUT2D eigenvalue weighted by molar-refractivity contribution is 0.0693. The number of carbonyl (C=O) groups is 1. The molecule has 20 heavy (non-hydrogen) atoms. The molecular formula is C13H6F3IO3. The molecular weight excluding hydrogens is 388 g/mol. The normalized spacial score (nSPS) is 10.6. The molecule has 0 aliphatic heterocycles. The summed E-state index contributed by atoms with van der Waals surface area (Å²) in [4.78, 5) is 11.0. The van der Waals surface area contributed by atoms with Gasteiger partial charge in [-0.15, -0.1) is 0 Å². The van der Waals surface area contributed by atoms with E-state index in [-0.39, 0.29) is 14.7 Å². The topological polar surface area (TPSA) is 57.5 Å². The predicted molar refractivity (Wildman–Crippen MR) is 73.1 cm³/mol. The van der Waals surface area contributed by atoms with E-state index in [1.807, 2.05) is 0 Å². The molecule has 0 spiro atoms. The summed E-state index contributed by atoms with van der Waals surface area (Å²) in [5, 5.41) is 18.5. The van der Waals surface area contributed by atoms with Gasteiger partial charge in [-0.05, 0) is 58.0 Å². The van der Waals surface area contributed by atoms with Crippen LogP contribution in [0.3, 0.4) is 0 Å². The van der Waals surface area contributed by atoms with Crippen LogP contribution in [0.5, 0.6) is 5.75 Å². The molecule has 0 saturated carbocycles. The van der Waals surface area contributed by atoms with E-state index in [9.17, 15) is 23.1 Å².